The van der Waals surface area contributed by atoms with Gasteiger partial charge in [-0.25, -0.2) is 9.78 Å². The molecule has 0 saturated carbocycles. The van der Waals surface area contributed by atoms with E-state index >= 15 is 0 Å². The number of carbonyl (C=O) groups is 4. The van der Waals surface area contributed by atoms with Crippen LogP contribution in [-0.2, 0) is 20.8 Å². The Kier molecular flexibility index (Phi) is 13.7. The minimum Gasteiger partial charge on any atom is -0.481 e. The predicted molar refractivity (Wildman–Crippen MR) is 178 cm³/mol. The van der Waals surface area contributed by atoms with Gasteiger partial charge in [0.2, 0.25) is 23.8 Å². The molecular formula is C25H30ClN15O9. The first kappa shape index (κ1) is 38.9. The van der Waals surface area contributed by atoms with E-state index in [9.17, 15) is 33.6 Å². The molecule has 0 spiro atoms. The Labute approximate surface area is 282 Å². The number of amides is 2. The summed E-state index contributed by atoms with van der Waals surface area (Å²) in [6, 6.07) is 2.04. The van der Waals surface area contributed by atoms with Crippen molar-refractivity contribution in [1.82, 2.24) is 40.2 Å². The van der Waals surface area contributed by atoms with E-state index in [1.54, 1.807) is 0 Å². The van der Waals surface area contributed by atoms with E-state index < -0.39 is 48.2 Å². The number of halogens is 1. The van der Waals surface area contributed by atoms with Crippen molar-refractivity contribution < 1.29 is 29.4 Å². The van der Waals surface area contributed by atoms with Crippen LogP contribution in [0.25, 0.3) is 0 Å². The monoisotopic (exact) mass is 719 g/mol. The lowest BCUT2D eigenvalue weighted by atomic mass is 10.1. The minimum atomic E-state index is -1.46. The number of nitrogens with two attached hydrogens (primary N) is 6. The second-order valence-corrected chi connectivity index (χ2v) is 9.91. The number of hydrogen-bond acceptors (Lipinski definition) is 17. The Balaban J connectivity index is 0.000000386. The standard InChI is InChI=1S/C17H18ClN7O7.2C4H6N4O/c18-8-3-6(22-10(26)4-7-13(19)24-17(20)25-14(7)29)5-21-12(8)15(30)23-9(16(31)32)1-2-11(27)28;2*5-2-1-3(9)8-4(6)7-2/h3,5,9H,1-2,4H2,(H,22,26)(H,23,30)(H,27,28)(H,31,32)(H5,19,20,24,25,29);2*1H,(H5,5,6,7,8,9)/t9-;;/m0../s1. The Hall–Kier alpha value is -7.24. The largest absolute Gasteiger partial charge is 0.481 e. The van der Waals surface area contributed by atoms with Crippen LogP contribution in [0.3, 0.4) is 0 Å². The molecule has 50 heavy (non-hydrogen) atoms. The Morgan fingerprint density at radius 3 is 1.80 bits per heavy atom. The number of carboxylic acids is 2. The van der Waals surface area contributed by atoms with Crippen molar-refractivity contribution in [3.63, 3.8) is 0 Å². The molecule has 0 aliphatic rings. The third-order valence-electron chi connectivity index (χ3n) is 5.55. The molecule has 0 saturated heterocycles. The average molecular weight is 720 g/mol. The van der Waals surface area contributed by atoms with Gasteiger partial charge in [0.05, 0.1) is 28.9 Å². The fourth-order valence-corrected chi connectivity index (χ4v) is 3.74. The fraction of sp³-hybridized carbons (Fsp3) is 0.160. The second-order valence-electron chi connectivity index (χ2n) is 9.50. The molecule has 4 aromatic rings. The number of carboxylic acid groups (broad SMARTS) is 2. The number of nitrogen functional groups attached to an aromatic ring is 6. The zero-order chi connectivity index (χ0) is 37.7. The zero-order valence-corrected chi connectivity index (χ0v) is 26.1. The molecule has 0 unspecified atom stereocenters. The molecule has 2 amide bonds. The quantitative estimate of drug-likeness (QED) is 0.0823. The molecule has 0 radical (unpaired) electrons. The second kappa shape index (κ2) is 17.6. The number of nitrogens with one attached hydrogen (secondary N) is 5. The van der Waals surface area contributed by atoms with Crippen molar-refractivity contribution in [3.05, 3.63) is 71.7 Å². The van der Waals surface area contributed by atoms with Crippen LogP contribution in [0.2, 0.25) is 5.02 Å². The fourth-order valence-electron chi connectivity index (χ4n) is 3.49. The van der Waals surface area contributed by atoms with Gasteiger partial charge in [-0.1, -0.05) is 11.6 Å². The summed E-state index contributed by atoms with van der Waals surface area (Å²) in [6.07, 6.45) is -0.163. The maximum atomic E-state index is 12.3. The molecule has 0 aromatic carbocycles. The number of carbonyl (C=O) groups excluding carboxylic acids is 2. The van der Waals surface area contributed by atoms with Gasteiger partial charge in [-0.15, -0.1) is 0 Å². The first-order valence-electron chi connectivity index (χ1n) is 13.4. The summed E-state index contributed by atoms with van der Waals surface area (Å²) >= 11 is 6.01. The summed E-state index contributed by atoms with van der Waals surface area (Å²) in [6.45, 7) is 0. The number of pyridine rings is 1. The minimum absolute atomic E-state index is 0.0417. The van der Waals surface area contributed by atoms with E-state index in [1.807, 2.05) is 0 Å². The highest BCUT2D eigenvalue weighted by atomic mass is 35.5. The lowest BCUT2D eigenvalue weighted by molar-refractivity contribution is -0.140. The number of hydrogen-bond donors (Lipinski definition) is 13. The molecule has 19 N–H and O–H groups in total. The molecule has 266 valence electrons. The summed E-state index contributed by atoms with van der Waals surface area (Å²) in [4.78, 5) is 100. The lowest BCUT2D eigenvalue weighted by Crippen LogP contribution is -2.41. The van der Waals surface area contributed by atoms with E-state index in [4.69, 9.17) is 56.2 Å². The molecule has 4 heterocycles. The number of rotatable bonds is 9. The maximum Gasteiger partial charge on any atom is 0.326 e. The number of aliphatic carboxylic acids is 2. The highest BCUT2D eigenvalue weighted by Gasteiger charge is 2.24. The summed E-state index contributed by atoms with van der Waals surface area (Å²) in [5.74, 6) is -4.31. The normalized spacial score (nSPS) is 10.7. The van der Waals surface area contributed by atoms with Crippen LogP contribution in [0, 0.1) is 0 Å². The summed E-state index contributed by atoms with van der Waals surface area (Å²) in [5, 5.41) is 22.1. The van der Waals surface area contributed by atoms with Crippen LogP contribution >= 0.6 is 11.6 Å². The van der Waals surface area contributed by atoms with Gasteiger partial charge in [0.15, 0.2) is 0 Å². The summed E-state index contributed by atoms with van der Waals surface area (Å²) in [7, 11) is 0. The lowest BCUT2D eigenvalue weighted by Gasteiger charge is -2.14. The number of anilines is 7. The van der Waals surface area contributed by atoms with E-state index in [1.165, 1.54) is 6.07 Å². The molecule has 0 aliphatic carbocycles. The first-order valence-corrected chi connectivity index (χ1v) is 13.8. The Morgan fingerprint density at radius 1 is 0.820 bits per heavy atom. The van der Waals surface area contributed by atoms with Gasteiger partial charge >= 0.3 is 11.9 Å². The Morgan fingerprint density at radius 2 is 1.36 bits per heavy atom. The van der Waals surface area contributed by atoms with E-state index in [0.29, 0.717) is 0 Å². The van der Waals surface area contributed by atoms with Crippen molar-refractivity contribution in [2.75, 3.05) is 39.7 Å². The molecule has 0 aliphatic heterocycles. The van der Waals surface area contributed by atoms with Gasteiger partial charge in [-0.3, -0.25) is 43.7 Å². The van der Waals surface area contributed by atoms with Gasteiger partial charge < -0.3 is 55.2 Å². The van der Waals surface area contributed by atoms with Crippen molar-refractivity contribution in [1.29, 1.82) is 0 Å². The van der Waals surface area contributed by atoms with E-state index in [0.717, 1.165) is 18.3 Å². The highest BCUT2D eigenvalue weighted by molar-refractivity contribution is 6.33. The number of nitrogens with zero attached hydrogens (tertiary/aromatic N) is 4. The van der Waals surface area contributed by atoms with Crippen molar-refractivity contribution in [2.24, 2.45) is 0 Å². The summed E-state index contributed by atoms with van der Waals surface area (Å²) in [5.41, 5.74) is 29.8. The van der Waals surface area contributed by atoms with Crippen LogP contribution in [0.5, 0.6) is 0 Å². The first-order chi connectivity index (χ1) is 23.3. The maximum absolute atomic E-state index is 12.3. The van der Waals surface area contributed by atoms with Crippen molar-refractivity contribution >= 4 is 76.3 Å². The molecule has 24 nitrogen and oxygen atoms in total. The predicted octanol–water partition coefficient (Wildman–Crippen LogP) is -2.92. The molecule has 1 atom stereocenters. The van der Waals surface area contributed by atoms with Crippen LogP contribution < -0.4 is 61.7 Å². The van der Waals surface area contributed by atoms with Gasteiger partial charge in [0.25, 0.3) is 22.6 Å². The number of aromatic nitrogens is 7. The zero-order valence-electron chi connectivity index (χ0n) is 25.4. The molecule has 25 heteroatoms. The molecular weight excluding hydrogens is 690 g/mol. The Bertz CT molecular complexity index is 1960. The van der Waals surface area contributed by atoms with Crippen LogP contribution in [-0.4, -0.2) is 74.9 Å². The number of aromatic amines is 3. The molecule has 4 rings (SSSR count). The smallest absolute Gasteiger partial charge is 0.326 e. The van der Waals surface area contributed by atoms with Crippen LogP contribution in [0.1, 0.15) is 28.9 Å². The third kappa shape index (κ3) is 12.9. The van der Waals surface area contributed by atoms with Crippen molar-refractivity contribution in [2.45, 2.75) is 25.3 Å². The van der Waals surface area contributed by atoms with Crippen LogP contribution in [0.15, 0.2) is 38.8 Å². The topological polar surface area (TPSA) is 439 Å². The van der Waals surface area contributed by atoms with Gasteiger partial charge in [-0.05, 0) is 12.5 Å². The summed E-state index contributed by atoms with van der Waals surface area (Å²) < 4.78 is 0. The van der Waals surface area contributed by atoms with Gasteiger partial charge in [0, 0.05) is 18.6 Å². The highest BCUT2D eigenvalue weighted by Crippen LogP contribution is 2.19. The molecule has 4 aromatic heterocycles. The van der Waals surface area contributed by atoms with Crippen LogP contribution in [0.4, 0.5) is 41.0 Å². The van der Waals surface area contributed by atoms with Gasteiger partial charge in [-0.2, -0.15) is 15.0 Å². The van der Waals surface area contributed by atoms with Crippen molar-refractivity contribution in [3.8, 4) is 0 Å². The number of H-pyrrole nitrogens is 3. The van der Waals surface area contributed by atoms with Gasteiger partial charge in [0.1, 0.15) is 29.2 Å². The molecule has 0 fully saturated rings. The average Bonchev–Trinajstić information content (AvgIpc) is 2.96. The van der Waals surface area contributed by atoms with E-state index in [2.05, 4.69) is 45.5 Å². The van der Waals surface area contributed by atoms with E-state index in [-0.39, 0.29) is 74.8 Å². The SMILES string of the molecule is Nc1cc(=O)[nH]c(N)n1.Nc1cc(=O)[nH]c(N)n1.Nc1nc(N)c(CC(=O)Nc2cnc(C(=O)N[C@@H](CCC(=O)O)C(=O)O)c(Cl)c2)c(=O)[nH]1. The third-order valence-corrected chi connectivity index (χ3v) is 5.84. The molecule has 0 bridgehead atoms.